The molecule has 1 heterocycles. The molecule has 1 fully saturated rings. The van der Waals surface area contributed by atoms with Gasteiger partial charge in [0.2, 0.25) is 41.4 Å². The number of esters is 1. The van der Waals surface area contributed by atoms with Gasteiger partial charge in [-0.3, -0.25) is 38.4 Å². The number of ether oxygens (including phenoxy) is 1. The van der Waals surface area contributed by atoms with E-state index in [9.17, 15) is 43.2 Å². The minimum Gasteiger partial charge on any atom is -0.451 e. The van der Waals surface area contributed by atoms with E-state index in [-0.39, 0.29) is 63.2 Å². The first-order chi connectivity index (χ1) is 29.4. The van der Waals surface area contributed by atoms with Crippen LogP contribution in [0.1, 0.15) is 63.5 Å². The number of nitrogens with zero attached hydrogens (tertiary/aromatic N) is 2. The fraction of sp³-hybridized carbons (Fsp3) is 0.512. The Kier molecular flexibility index (Phi) is 20.4. The zero-order valence-electron chi connectivity index (χ0n) is 35.9. The molecule has 0 bridgehead atoms. The summed E-state index contributed by atoms with van der Waals surface area (Å²) < 4.78 is 5.42. The third kappa shape index (κ3) is 16.5. The fourth-order valence-corrected chi connectivity index (χ4v) is 7.22. The van der Waals surface area contributed by atoms with Crippen molar-refractivity contribution in [2.75, 3.05) is 32.6 Å². The molecule has 0 spiro atoms. The Bertz CT molecular complexity index is 1890. The van der Waals surface area contributed by atoms with Crippen LogP contribution in [0.15, 0.2) is 60.7 Å². The number of hydrogen-bond donors (Lipinski definition) is 6. The smallest absolute Gasteiger partial charge is 0.329 e. The molecule has 3 rings (SSSR count). The van der Waals surface area contributed by atoms with Crippen molar-refractivity contribution in [3.8, 4) is 0 Å². The Hall–Kier alpha value is -5.98. The summed E-state index contributed by atoms with van der Waals surface area (Å²) in [4.78, 5) is 121. The van der Waals surface area contributed by atoms with Crippen molar-refractivity contribution in [1.29, 1.82) is 0 Å². The van der Waals surface area contributed by atoms with Crippen molar-refractivity contribution in [1.82, 2.24) is 31.1 Å². The van der Waals surface area contributed by atoms with E-state index in [1.54, 1.807) is 60.7 Å². The average molecular weight is 881 g/mol. The van der Waals surface area contributed by atoms with Crippen LogP contribution >= 0.6 is 11.8 Å². The fourth-order valence-electron chi connectivity index (χ4n) is 6.77. The maximum Gasteiger partial charge on any atom is 0.329 e. The van der Waals surface area contributed by atoms with E-state index < -0.39 is 90.2 Å². The first-order valence-corrected chi connectivity index (χ1v) is 21.8. The number of rotatable bonds is 25. The Morgan fingerprint density at radius 3 is 1.97 bits per heavy atom. The Morgan fingerprint density at radius 2 is 1.44 bits per heavy atom. The topological polar surface area (TPSA) is 270 Å². The van der Waals surface area contributed by atoms with Crippen molar-refractivity contribution in [3.63, 3.8) is 0 Å². The maximum absolute atomic E-state index is 14.6. The van der Waals surface area contributed by atoms with Gasteiger partial charge in [-0.2, -0.15) is 11.8 Å². The Balaban J connectivity index is 1.89. The molecule has 8 N–H and O–H groups in total. The predicted octanol–water partition coefficient (Wildman–Crippen LogP) is -0.0480. The zero-order valence-corrected chi connectivity index (χ0v) is 36.7. The normalized spacial score (nSPS) is 15.8. The number of nitrogens with one attached hydrogen (secondary N) is 4. The van der Waals surface area contributed by atoms with E-state index in [0.717, 1.165) is 4.90 Å². The summed E-state index contributed by atoms with van der Waals surface area (Å²) in [5, 5.41) is 10.5. The van der Waals surface area contributed by atoms with Gasteiger partial charge in [-0.15, -0.1) is 0 Å². The molecule has 2 aromatic carbocycles. The standard InChI is InChI=1S/C43H60N8O10S/c1-26(2)22-32(43(60)61-34(38(45)55)20-21-62-5)47-37(54)25-50(3)42(59)33(24-28-14-10-7-11-15-28)51(4)41(58)31(23-27-12-8-6-9-13-27)49-40(57)30(16-18-35(44)52)48-39(56)29-17-19-36(53)46-29/h6-15,26,29-34H,16-25H2,1-5H3,(H2,44,52)(H2,45,55)(H,46,53)(H,47,54)(H,48,56)(H,49,57)/t29-,30+,31+,32+,33+,34+/m1/s1. The third-order valence-electron chi connectivity index (χ3n) is 10.1. The summed E-state index contributed by atoms with van der Waals surface area (Å²) >= 11 is 1.45. The molecule has 8 amide bonds. The van der Waals surface area contributed by atoms with Crippen molar-refractivity contribution in [2.45, 2.75) is 102 Å². The van der Waals surface area contributed by atoms with E-state index >= 15 is 0 Å². The zero-order chi connectivity index (χ0) is 45.9. The number of primary amides is 2. The number of carbonyl (C=O) groups is 9. The third-order valence-corrected chi connectivity index (χ3v) is 10.8. The molecule has 338 valence electrons. The van der Waals surface area contributed by atoms with Crippen LogP contribution in [0.4, 0.5) is 0 Å². The molecule has 0 unspecified atom stereocenters. The summed E-state index contributed by atoms with van der Waals surface area (Å²) in [7, 11) is 2.78. The molecule has 1 aliphatic heterocycles. The Morgan fingerprint density at radius 1 is 0.823 bits per heavy atom. The summed E-state index contributed by atoms with van der Waals surface area (Å²) in [5.74, 6) is -5.72. The first-order valence-electron chi connectivity index (χ1n) is 20.5. The lowest BCUT2D eigenvalue weighted by Crippen LogP contribution is -2.59. The van der Waals surface area contributed by atoms with Gasteiger partial charge in [0.05, 0.1) is 6.54 Å². The monoisotopic (exact) mass is 880 g/mol. The highest BCUT2D eigenvalue weighted by Crippen LogP contribution is 2.16. The second-order valence-corrected chi connectivity index (χ2v) is 16.7. The van der Waals surface area contributed by atoms with Gasteiger partial charge in [0.15, 0.2) is 6.10 Å². The lowest BCUT2D eigenvalue weighted by molar-refractivity contribution is -0.158. The van der Waals surface area contributed by atoms with Crippen LogP contribution in [0.3, 0.4) is 0 Å². The minimum atomic E-state index is -1.32. The highest BCUT2D eigenvalue weighted by molar-refractivity contribution is 7.98. The van der Waals surface area contributed by atoms with E-state index in [1.807, 2.05) is 20.1 Å². The van der Waals surface area contributed by atoms with E-state index in [1.165, 1.54) is 30.8 Å². The first kappa shape index (κ1) is 50.4. The molecule has 2 aromatic rings. The number of amides is 8. The molecule has 0 saturated carbocycles. The van der Waals surface area contributed by atoms with Crippen LogP contribution in [0, 0.1) is 5.92 Å². The highest BCUT2D eigenvalue weighted by atomic mass is 32.2. The van der Waals surface area contributed by atoms with Crippen molar-refractivity contribution in [3.05, 3.63) is 71.8 Å². The van der Waals surface area contributed by atoms with E-state index in [4.69, 9.17) is 16.2 Å². The lowest BCUT2D eigenvalue weighted by Gasteiger charge is -2.34. The molecule has 0 radical (unpaired) electrons. The van der Waals surface area contributed by atoms with Crippen LogP contribution in [-0.4, -0.2) is 132 Å². The van der Waals surface area contributed by atoms with E-state index in [0.29, 0.717) is 16.9 Å². The molecule has 1 aliphatic rings. The quantitative estimate of drug-likeness (QED) is 0.0720. The number of benzene rings is 2. The molecular formula is C43H60N8O10S. The number of likely N-dealkylation sites (N-methyl/N-ethyl adjacent to an activating group) is 2. The summed E-state index contributed by atoms with van der Waals surface area (Å²) in [6.45, 7) is 3.15. The van der Waals surface area contributed by atoms with Gasteiger partial charge in [-0.05, 0) is 48.3 Å². The molecule has 19 heteroatoms. The van der Waals surface area contributed by atoms with Gasteiger partial charge in [-0.25, -0.2) is 4.79 Å². The molecule has 0 aromatic heterocycles. The summed E-state index contributed by atoms with van der Waals surface area (Å²) in [5.41, 5.74) is 12.2. The van der Waals surface area contributed by atoms with Crippen LogP contribution in [0.25, 0.3) is 0 Å². The number of hydrogen-bond acceptors (Lipinski definition) is 11. The molecule has 62 heavy (non-hydrogen) atoms. The number of carbonyl (C=O) groups excluding carboxylic acids is 9. The summed E-state index contributed by atoms with van der Waals surface area (Å²) in [6, 6.07) is 11.8. The Labute approximate surface area is 366 Å². The van der Waals surface area contributed by atoms with Crippen molar-refractivity contribution >= 4 is 65.0 Å². The van der Waals surface area contributed by atoms with Gasteiger partial charge >= 0.3 is 5.97 Å². The molecule has 0 aliphatic carbocycles. The molecular weight excluding hydrogens is 821 g/mol. The maximum atomic E-state index is 14.6. The van der Waals surface area contributed by atoms with Crippen molar-refractivity contribution < 1.29 is 47.9 Å². The highest BCUT2D eigenvalue weighted by Gasteiger charge is 2.37. The van der Waals surface area contributed by atoms with Gasteiger partial charge in [0, 0.05) is 46.2 Å². The van der Waals surface area contributed by atoms with Gasteiger partial charge in [0.1, 0.15) is 30.2 Å². The molecule has 18 nitrogen and oxygen atoms in total. The summed E-state index contributed by atoms with van der Waals surface area (Å²) in [6.07, 6.45) is 0.857. The van der Waals surface area contributed by atoms with Gasteiger partial charge in [-0.1, -0.05) is 74.5 Å². The second kappa shape index (κ2) is 25.1. The van der Waals surface area contributed by atoms with Crippen molar-refractivity contribution in [2.24, 2.45) is 17.4 Å². The minimum absolute atomic E-state index is 0.0110. The molecule has 6 atom stereocenters. The number of thioether (sulfide) groups is 1. The van der Waals surface area contributed by atoms with Crippen LogP contribution < -0.4 is 32.7 Å². The SMILES string of the molecule is CSCC[C@H](OC(=O)[C@H](CC(C)C)NC(=O)CN(C)C(=O)[C@H](Cc1ccccc1)N(C)C(=O)[C@H](Cc1ccccc1)NC(=O)[C@H](CCC(N)=O)NC(=O)[C@H]1CCC(=O)N1)C(N)=O. The largest absolute Gasteiger partial charge is 0.451 e. The molecule has 1 saturated heterocycles. The average Bonchev–Trinajstić information content (AvgIpc) is 3.68. The van der Waals surface area contributed by atoms with Crippen LogP contribution in [0.2, 0.25) is 0 Å². The van der Waals surface area contributed by atoms with Crippen LogP contribution in [0.5, 0.6) is 0 Å². The van der Waals surface area contributed by atoms with Gasteiger partial charge in [0.25, 0.3) is 5.91 Å². The second-order valence-electron chi connectivity index (χ2n) is 15.7. The lowest BCUT2D eigenvalue weighted by atomic mass is 10.00. The van der Waals surface area contributed by atoms with Gasteiger partial charge < -0.3 is 47.3 Å². The number of nitrogens with two attached hydrogens (primary N) is 2. The van der Waals surface area contributed by atoms with E-state index in [2.05, 4.69) is 21.3 Å². The van der Waals surface area contributed by atoms with Crippen LogP contribution in [-0.2, 0) is 60.7 Å². The predicted molar refractivity (Wildman–Crippen MR) is 231 cm³/mol.